The average Bonchev–Trinajstić information content (AvgIpc) is 2.20. The number of ether oxygens (including phenoxy) is 1. The van der Waals surface area contributed by atoms with Gasteiger partial charge in [-0.15, -0.1) is 0 Å². The zero-order chi connectivity index (χ0) is 12.3. The molecule has 88 valence electrons. The van der Waals surface area contributed by atoms with E-state index in [4.69, 9.17) is 4.74 Å². The number of nitrogens with zero attached hydrogens (tertiary/aromatic N) is 1. The van der Waals surface area contributed by atoms with Crippen molar-refractivity contribution < 1.29 is 18.3 Å². The maximum atomic E-state index is 12.5. The van der Waals surface area contributed by atoms with Crippen LogP contribution < -0.4 is 0 Å². The smallest absolute Gasteiger partial charge is 0.358 e. The summed E-state index contributed by atoms with van der Waals surface area (Å²) in [6.45, 7) is 1.90. The Morgan fingerprint density at radius 1 is 1.56 bits per heavy atom. The summed E-state index contributed by atoms with van der Waals surface area (Å²) < 4.78 is 30.3. The Kier molecular flexibility index (Phi) is 5.28. The van der Waals surface area contributed by atoms with Crippen molar-refractivity contribution in [1.29, 1.82) is 0 Å². The molecule has 0 bridgehead atoms. The Balaban J connectivity index is 3.15. The van der Waals surface area contributed by atoms with E-state index in [0.717, 1.165) is 0 Å². The second-order valence-corrected chi connectivity index (χ2v) is 4.90. The largest absolute Gasteiger partial charge is 0.461 e. The highest BCUT2D eigenvalue weighted by atomic mass is 127. The summed E-state index contributed by atoms with van der Waals surface area (Å²) in [5.41, 5.74) is -0.0886. The Labute approximate surface area is 118 Å². The standard InChI is InChI=1S/C9H7F2I2NO2/c1-2-16-9(15)6-5(12)3-4(7(10)11)8(13)14-6/h3,7H,2H2,1H3. The zero-order valence-electron chi connectivity index (χ0n) is 8.14. The summed E-state index contributed by atoms with van der Waals surface area (Å²) >= 11 is 3.47. The lowest BCUT2D eigenvalue weighted by atomic mass is 10.2. The number of pyridine rings is 1. The van der Waals surface area contributed by atoms with Crippen LogP contribution in [-0.2, 0) is 4.74 Å². The number of alkyl halides is 2. The van der Waals surface area contributed by atoms with Gasteiger partial charge in [-0.05, 0) is 58.2 Å². The molecule has 0 saturated heterocycles. The molecule has 0 unspecified atom stereocenters. The third-order valence-corrected chi connectivity index (χ3v) is 3.35. The van der Waals surface area contributed by atoms with Crippen LogP contribution in [0.3, 0.4) is 0 Å². The SMILES string of the molecule is CCOC(=O)c1nc(I)c(C(F)F)cc1I. The van der Waals surface area contributed by atoms with E-state index in [1.165, 1.54) is 6.07 Å². The number of halogens is 4. The molecule has 0 aliphatic rings. The number of aromatic nitrogens is 1. The summed E-state index contributed by atoms with van der Waals surface area (Å²) in [5, 5.41) is 0. The number of hydrogen-bond acceptors (Lipinski definition) is 3. The van der Waals surface area contributed by atoms with Crippen LogP contribution in [0.5, 0.6) is 0 Å². The lowest BCUT2D eigenvalue weighted by Crippen LogP contribution is -2.11. The highest BCUT2D eigenvalue weighted by Gasteiger charge is 2.20. The lowest BCUT2D eigenvalue weighted by Gasteiger charge is -2.07. The van der Waals surface area contributed by atoms with Gasteiger partial charge in [0.2, 0.25) is 0 Å². The van der Waals surface area contributed by atoms with E-state index in [1.807, 2.05) is 0 Å². The molecule has 0 atom stereocenters. The van der Waals surface area contributed by atoms with Gasteiger partial charge in [0.05, 0.1) is 12.2 Å². The van der Waals surface area contributed by atoms with Crippen LogP contribution in [0.1, 0.15) is 29.4 Å². The van der Waals surface area contributed by atoms with Gasteiger partial charge >= 0.3 is 5.97 Å². The van der Waals surface area contributed by atoms with Crippen LogP contribution >= 0.6 is 45.2 Å². The zero-order valence-corrected chi connectivity index (χ0v) is 12.5. The molecule has 0 amide bonds. The van der Waals surface area contributed by atoms with Crippen molar-refractivity contribution in [3.8, 4) is 0 Å². The number of esters is 1. The normalized spacial score (nSPS) is 10.6. The maximum Gasteiger partial charge on any atom is 0.358 e. The fourth-order valence-corrected chi connectivity index (χ4v) is 2.28. The minimum atomic E-state index is -2.59. The first-order chi connectivity index (χ1) is 7.47. The number of carbonyl (C=O) groups is 1. The van der Waals surface area contributed by atoms with Crippen molar-refractivity contribution in [2.75, 3.05) is 6.61 Å². The van der Waals surface area contributed by atoms with Gasteiger partial charge in [-0.3, -0.25) is 0 Å². The minimum absolute atomic E-state index is 0.0799. The molecule has 1 heterocycles. The lowest BCUT2D eigenvalue weighted by molar-refractivity contribution is 0.0517. The topological polar surface area (TPSA) is 39.2 Å². The third-order valence-electron chi connectivity index (χ3n) is 1.66. The number of hydrogen-bond donors (Lipinski definition) is 0. The first kappa shape index (κ1) is 14.0. The highest BCUT2D eigenvalue weighted by molar-refractivity contribution is 14.1. The predicted octanol–water partition coefficient (Wildman–Crippen LogP) is 3.41. The van der Waals surface area contributed by atoms with Gasteiger partial charge in [-0.25, -0.2) is 18.6 Å². The molecule has 0 aromatic carbocycles. The summed E-state index contributed by atoms with van der Waals surface area (Å²) in [6.07, 6.45) is -2.59. The van der Waals surface area contributed by atoms with Crippen molar-refractivity contribution in [2.24, 2.45) is 0 Å². The summed E-state index contributed by atoms with van der Waals surface area (Å²) in [4.78, 5) is 15.3. The van der Waals surface area contributed by atoms with E-state index >= 15 is 0 Å². The van der Waals surface area contributed by atoms with E-state index in [0.29, 0.717) is 3.57 Å². The number of carbonyl (C=O) groups excluding carboxylic acids is 1. The fourth-order valence-electron chi connectivity index (χ4n) is 0.976. The molecule has 0 radical (unpaired) electrons. The van der Waals surface area contributed by atoms with E-state index in [-0.39, 0.29) is 21.6 Å². The molecule has 1 aromatic rings. The average molecular weight is 453 g/mol. The van der Waals surface area contributed by atoms with E-state index in [1.54, 1.807) is 52.1 Å². The molecular weight excluding hydrogens is 446 g/mol. The van der Waals surface area contributed by atoms with Crippen molar-refractivity contribution in [1.82, 2.24) is 4.98 Å². The predicted molar refractivity (Wildman–Crippen MR) is 70.6 cm³/mol. The molecule has 16 heavy (non-hydrogen) atoms. The monoisotopic (exact) mass is 453 g/mol. The van der Waals surface area contributed by atoms with Crippen molar-refractivity contribution in [3.05, 3.63) is 24.6 Å². The molecule has 0 spiro atoms. The van der Waals surface area contributed by atoms with Crippen LogP contribution in [-0.4, -0.2) is 17.6 Å². The molecule has 0 saturated carbocycles. The third kappa shape index (κ3) is 3.22. The quantitative estimate of drug-likeness (QED) is 0.401. The molecule has 1 aromatic heterocycles. The second kappa shape index (κ2) is 6.03. The van der Waals surface area contributed by atoms with E-state index in [9.17, 15) is 13.6 Å². The Hall–Kier alpha value is -0.0600. The summed E-state index contributed by atoms with van der Waals surface area (Å²) in [7, 11) is 0. The van der Waals surface area contributed by atoms with E-state index in [2.05, 4.69) is 4.98 Å². The van der Waals surface area contributed by atoms with Crippen molar-refractivity contribution in [2.45, 2.75) is 13.3 Å². The summed E-state index contributed by atoms with van der Waals surface area (Å²) in [6, 6.07) is 1.26. The molecular formula is C9H7F2I2NO2. The maximum absolute atomic E-state index is 12.5. The van der Waals surface area contributed by atoms with Gasteiger partial charge in [0, 0.05) is 3.57 Å². The molecule has 3 nitrogen and oxygen atoms in total. The van der Waals surface area contributed by atoms with Crippen LogP contribution in [0.2, 0.25) is 0 Å². The Morgan fingerprint density at radius 2 is 2.19 bits per heavy atom. The summed E-state index contributed by atoms with van der Waals surface area (Å²) in [5.74, 6) is -0.592. The minimum Gasteiger partial charge on any atom is -0.461 e. The fraction of sp³-hybridized carbons (Fsp3) is 0.333. The van der Waals surface area contributed by atoms with E-state index < -0.39 is 12.4 Å². The van der Waals surface area contributed by atoms with Gasteiger partial charge in [0.1, 0.15) is 3.70 Å². The van der Waals surface area contributed by atoms with Crippen LogP contribution in [0.25, 0.3) is 0 Å². The molecule has 0 aliphatic heterocycles. The Morgan fingerprint density at radius 3 is 2.69 bits per heavy atom. The van der Waals surface area contributed by atoms with Crippen LogP contribution in [0.4, 0.5) is 8.78 Å². The second-order valence-electron chi connectivity index (χ2n) is 2.72. The van der Waals surface area contributed by atoms with Gasteiger partial charge in [0.15, 0.2) is 5.69 Å². The molecule has 0 N–H and O–H groups in total. The molecule has 0 aliphatic carbocycles. The Bertz CT molecular complexity index is 413. The first-order valence-corrected chi connectivity index (χ1v) is 6.44. The van der Waals surface area contributed by atoms with Crippen LogP contribution in [0, 0.1) is 7.27 Å². The number of rotatable bonds is 3. The molecule has 7 heteroatoms. The van der Waals surface area contributed by atoms with Gasteiger partial charge in [-0.1, -0.05) is 0 Å². The van der Waals surface area contributed by atoms with Crippen LogP contribution in [0.15, 0.2) is 6.07 Å². The van der Waals surface area contributed by atoms with Gasteiger partial charge < -0.3 is 4.74 Å². The first-order valence-electron chi connectivity index (χ1n) is 4.28. The molecule has 1 rings (SSSR count). The van der Waals surface area contributed by atoms with Gasteiger partial charge in [0.25, 0.3) is 6.43 Å². The van der Waals surface area contributed by atoms with Gasteiger partial charge in [-0.2, -0.15) is 0 Å². The highest BCUT2D eigenvalue weighted by Crippen LogP contribution is 2.26. The molecule has 0 fully saturated rings. The van der Waals surface area contributed by atoms with Crippen molar-refractivity contribution in [3.63, 3.8) is 0 Å². The van der Waals surface area contributed by atoms with Crippen molar-refractivity contribution >= 4 is 51.2 Å².